The van der Waals surface area contributed by atoms with Crippen molar-refractivity contribution in [1.29, 1.82) is 0 Å². The van der Waals surface area contributed by atoms with Gasteiger partial charge in [0.1, 0.15) is 5.82 Å². The highest BCUT2D eigenvalue weighted by atomic mass is 16.2. The second-order valence-electron chi connectivity index (χ2n) is 6.62. The molecule has 4 rings (SSSR count). The third-order valence-electron chi connectivity index (χ3n) is 4.56. The summed E-state index contributed by atoms with van der Waals surface area (Å²) < 4.78 is 1.49. The molecule has 7 heteroatoms. The summed E-state index contributed by atoms with van der Waals surface area (Å²) in [5.41, 5.74) is 1.58. The molecule has 152 valence electrons. The van der Waals surface area contributed by atoms with Gasteiger partial charge in [-0.15, -0.1) is 0 Å². The van der Waals surface area contributed by atoms with Crippen LogP contribution in [0.4, 0.5) is 11.5 Å². The molecule has 4 aromatic rings. The maximum atomic E-state index is 12.7. The van der Waals surface area contributed by atoms with Crippen LogP contribution in [0.25, 0.3) is 5.69 Å². The van der Waals surface area contributed by atoms with E-state index in [1.165, 1.54) is 10.6 Å². The van der Waals surface area contributed by atoms with E-state index in [1.54, 1.807) is 91.3 Å². The van der Waals surface area contributed by atoms with Gasteiger partial charge in [0.2, 0.25) is 0 Å². The zero-order valence-corrected chi connectivity index (χ0v) is 16.4. The molecule has 0 aliphatic rings. The third kappa shape index (κ3) is 4.56. The zero-order valence-electron chi connectivity index (χ0n) is 16.4. The molecule has 2 N–H and O–H groups in total. The standard InChI is InChI=1S/C24H18N4O3/c29-22-10-4-6-16-28(22)18-13-11-17(12-14-18)23(30)26-20-8-2-1-7-19(20)24(31)27-21-9-3-5-15-25-21/h1-16H,(H,26,30)(H,25,27,31). The molecule has 0 spiro atoms. The summed E-state index contributed by atoms with van der Waals surface area (Å²) in [5, 5.41) is 5.48. The SMILES string of the molecule is O=C(Nc1ccccc1C(=O)Nc1ccccn1)c1ccc(-n2ccccc2=O)cc1. The summed E-state index contributed by atoms with van der Waals surface area (Å²) in [4.78, 5) is 41.4. The van der Waals surface area contributed by atoms with Gasteiger partial charge in [-0.1, -0.05) is 24.3 Å². The quantitative estimate of drug-likeness (QED) is 0.524. The number of aromatic nitrogens is 2. The topological polar surface area (TPSA) is 93.1 Å². The van der Waals surface area contributed by atoms with Gasteiger partial charge in [0.15, 0.2) is 0 Å². The Bertz CT molecular complexity index is 1280. The monoisotopic (exact) mass is 410 g/mol. The van der Waals surface area contributed by atoms with Gasteiger partial charge < -0.3 is 10.6 Å². The van der Waals surface area contributed by atoms with Crippen molar-refractivity contribution in [3.05, 3.63) is 119 Å². The van der Waals surface area contributed by atoms with E-state index < -0.39 is 0 Å². The molecule has 0 saturated carbocycles. The van der Waals surface area contributed by atoms with E-state index in [-0.39, 0.29) is 17.4 Å². The van der Waals surface area contributed by atoms with Crippen molar-refractivity contribution in [2.24, 2.45) is 0 Å². The summed E-state index contributed by atoms with van der Waals surface area (Å²) in [6, 6.07) is 23.5. The molecule has 2 heterocycles. The average molecular weight is 410 g/mol. The lowest BCUT2D eigenvalue weighted by Crippen LogP contribution is -2.19. The molecule has 2 aromatic heterocycles. The average Bonchev–Trinajstić information content (AvgIpc) is 2.80. The van der Waals surface area contributed by atoms with Gasteiger partial charge in [-0.2, -0.15) is 0 Å². The van der Waals surface area contributed by atoms with Crippen LogP contribution in [-0.4, -0.2) is 21.4 Å². The van der Waals surface area contributed by atoms with E-state index in [1.807, 2.05) is 0 Å². The minimum Gasteiger partial charge on any atom is -0.321 e. The number of carbonyl (C=O) groups is 2. The molecule has 0 aliphatic heterocycles. The number of para-hydroxylation sites is 1. The fourth-order valence-electron chi connectivity index (χ4n) is 3.02. The zero-order chi connectivity index (χ0) is 21.6. The van der Waals surface area contributed by atoms with Crippen LogP contribution < -0.4 is 16.2 Å². The molecule has 0 bridgehead atoms. The summed E-state index contributed by atoms with van der Waals surface area (Å²) >= 11 is 0. The number of hydrogen-bond acceptors (Lipinski definition) is 4. The Hall–Kier alpha value is -4.52. The Morgan fingerprint density at radius 3 is 2.23 bits per heavy atom. The van der Waals surface area contributed by atoms with Gasteiger partial charge in [0, 0.05) is 29.7 Å². The highest BCUT2D eigenvalue weighted by Gasteiger charge is 2.15. The second kappa shape index (κ2) is 8.87. The molecule has 2 aromatic carbocycles. The number of amides is 2. The largest absolute Gasteiger partial charge is 0.321 e. The van der Waals surface area contributed by atoms with E-state index in [2.05, 4.69) is 15.6 Å². The van der Waals surface area contributed by atoms with Crippen LogP contribution in [0.3, 0.4) is 0 Å². The van der Waals surface area contributed by atoms with Crippen LogP contribution in [0.15, 0.2) is 102 Å². The van der Waals surface area contributed by atoms with Gasteiger partial charge in [0.25, 0.3) is 17.4 Å². The number of anilines is 2. The summed E-state index contributed by atoms with van der Waals surface area (Å²) in [7, 11) is 0. The molecule has 0 radical (unpaired) electrons. The van der Waals surface area contributed by atoms with Crippen LogP contribution >= 0.6 is 0 Å². The van der Waals surface area contributed by atoms with Gasteiger partial charge in [-0.3, -0.25) is 19.0 Å². The molecular weight excluding hydrogens is 392 g/mol. The Morgan fingerprint density at radius 1 is 0.742 bits per heavy atom. The van der Waals surface area contributed by atoms with Crippen molar-refractivity contribution in [3.8, 4) is 5.69 Å². The number of carbonyl (C=O) groups excluding carboxylic acids is 2. The first-order chi connectivity index (χ1) is 15.1. The minimum absolute atomic E-state index is 0.160. The Kier molecular flexibility index (Phi) is 5.66. The minimum atomic E-state index is -0.381. The fourth-order valence-corrected chi connectivity index (χ4v) is 3.02. The predicted octanol–water partition coefficient (Wildman–Crippen LogP) is 3.74. The van der Waals surface area contributed by atoms with Crippen molar-refractivity contribution in [3.63, 3.8) is 0 Å². The molecular formula is C24H18N4O3. The van der Waals surface area contributed by atoms with Crippen LogP contribution in [0.2, 0.25) is 0 Å². The van der Waals surface area contributed by atoms with E-state index >= 15 is 0 Å². The van der Waals surface area contributed by atoms with E-state index in [0.717, 1.165) is 0 Å². The molecule has 0 atom stereocenters. The fraction of sp³-hybridized carbons (Fsp3) is 0. The molecule has 0 saturated heterocycles. The summed E-state index contributed by atoms with van der Waals surface area (Å²) in [5.74, 6) is -0.334. The number of rotatable bonds is 5. The third-order valence-corrected chi connectivity index (χ3v) is 4.56. The lowest BCUT2D eigenvalue weighted by atomic mass is 10.1. The van der Waals surface area contributed by atoms with Crippen LogP contribution in [0.5, 0.6) is 0 Å². The first-order valence-electron chi connectivity index (χ1n) is 9.53. The maximum Gasteiger partial charge on any atom is 0.258 e. The number of benzene rings is 2. The smallest absolute Gasteiger partial charge is 0.258 e. The molecule has 0 aliphatic carbocycles. The molecule has 7 nitrogen and oxygen atoms in total. The predicted molar refractivity (Wildman–Crippen MR) is 119 cm³/mol. The number of hydrogen-bond donors (Lipinski definition) is 2. The van der Waals surface area contributed by atoms with Crippen LogP contribution in [-0.2, 0) is 0 Å². The van der Waals surface area contributed by atoms with Crippen molar-refractivity contribution in [1.82, 2.24) is 9.55 Å². The highest BCUT2D eigenvalue weighted by Crippen LogP contribution is 2.18. The summed E-state index contributed by atoms with van der Waals surface area (Å²) in [6.45, 7) is 0. The van der Waals surface area contributed by atoms with Gasteiger partial charge in [0.05, 0.1) is 11.3 Å². The van der Waals surface area contributed by atoms with Crippen LogP contribution in [0, 0.1) is 0 Å². The Balaban J connectivity index is 1.52. The molecule has 2 amide bonds. The number of nitrogens with one attached hydrogen (secondary N) is 2. The number of nitrogens with zero attached hydrogens (tertiary/aromatic N) is 2. The van der Waals surface area contributed by atoms with Crippen molar-refractivity contribution >= 4 is 23.3 Å². The molecule has 31 heavy (non-hydrogen) atoms. The Labute approximate surface area is 178 Å². The van der Waals surface area contributed by atoms with E-state index in [4.69, 9.17) is 0 Å². The van der Waals surface area contributed by atoms with E-state index in [9.17, 15) is 14.4 Å². The van der Waals surface area contributed by atoms with E-state index in [0.29, 0.717) is 28.3 Å². The first kappa shape index (κ1) is 19.8. The summed E-state index contributed by atoms with van der Waals surface area (Å²) in [6.07, 6.45) is 3.24. The van der Waals surface area contributed by atoms with Gasteiger partial charge >= 0.3 is 0 Å². The first-order valence-corrected chi connectivity index (χ1v) is 9.53. The number of pyridine rings is 2. The Morgan fingerprint density at radius 2 is 1.48 bits per heavy atom. The maximum absolute atomic E-state index is 12.7. The van der Waals surface area contributed by atoms with Gasteiger partial charge in [-0.05, 0) is 54.6 Å². The normalized spacial score (nSPS) is 10.3. The second-order valence-corrected chi connectivity index (χ2v) is 6.62. The lowest BCUT2D eigenvalue weighted by molar-refractivity contribution is 0.102. The lowest BCUT2D eigenvalue weighted by Gasteiger charge is -2.12. The molecule has 0 unspecified atom stereocenters. The van der Waals surface area contributed by atoms with Crippen molar-refractivity contribution in [2.75, 3.05) is 10.6 Å². The van der Waals surface area contributed by atoms with Gasteiger partial charge in [-0.25, -0.2) is 4.98 Å². The molecule has 0 fully saturated rings. The van der Waals surface area contributed by atoms with Crippen molar-refractivity contribution in [2.45, 2.75) is 0 Å². The van der Waals surface area contributed by atoms with Crippen molar-refractivity contribution < 1.29 is 9.59 Å². The van der Waals surface area contributed by atoms with Crippen LogP contribution in [0.1, 0.15) is 20.7 Å². The highest BCUT2D eigenvalue weighted by molar-refractivity contribution is 6.12.